The third-order valence-corrected chi connectivity index (χ3v) is 7.99. The number of amidine groups is 1. The molecule has 0 aliphatic carbocycles. The molecule has 36 heavy (non-hydrogen) atoms. The highest BCUT2D eigenvalue weighted by Gasteiger charge is 2.14. The van der Waals surface area contributed by atoms with Crippen LogP contribution in [-0.4, -0.2) is 10.8 Å². The number of thiophene rings is 1. The van der Waals surface area contributed by atoms with Gasteiger partial charge >= 0.3 is 0 Å². The SMILES string of the molecule is N=C(N)c1cc(-c2cnc3sc4ccccc4c3c2)cc(-c2cc3ccccc3c3ccccc23)c1. The molecule has 0 aliphatic heterocycles. The lowest BCUT2D eigenvalue weighted by molar-refractivity contribution is 1.41. The van der Waals surface area contributed by atoms with Gasteiger partial charge in [0.1, 0.15) is 10.7 Å². The van der Waals surface area contributed by atoms with Gasteiger partial charge in [-0.15, -0.1) is 11.3 Å². The highest BCUT2D eigenvalue weighted by atomic mass is 32.1. The molecule has 4 heteroatoms. The zero-order valence-electron chi connectivity index (χ0n) is 19.3. The first-order valence-electron chi connectivity index (χ1n) is 11.8. The standard InChI is InChI=1S/C32H21N3S/c33-31(34)22-14-20(23-17-29-27-11-5-6-12-30(27)36-32(29)35-18-23)13-21(15-22)28-16-19-7-1-2-8-24(19)25-9-3-4-10-26(25)28/h1-18H,(H3,33,34). The highest BCUT2D eigenvalue weighted by molar-refractivity contribution is 7.25. The zero-order chi connectivity index (χ0) is 24.2. The van der Waals surface area contributed by atoms with Crippen molar-refractivity contribution in [2.75, 3.05) is 0 Å². The minimum absolute atomic E-state index is 0.0539. The number of benzene rings is 5. The van der Waals surface area contributed by atoms with E-state index >= 15 is 0 Å². The molecule has 0 atom stereocenters. The molecule has 0 fully saturated rings. The number of rotatable bonds is 3. The number of fused-ring (bicyclic) bond motifs is 6. The second-order valence-corrected chi connectivity index (χ2v) is 10.1. The fourth-order valence-corrected chi connectivity index (χ4v) is 6.19. The number of nitrogens with one attached hydrogen (secondary N) is 1. The number of nitrogens with zero attached hydrogens (tertiary/aromatic N) is 1. The van der Waals surface area contributed by atoms with Gasteiger partial charge in [0, 0.05) is 32.8 Å². The predicted molar refractivity (Wildman–Crippen MR) is 154 cm³/mol. The van der Waals surface area contributed by atoms with E-state index in [0.29, 0.717) is 5.56 Å². The molecule has 0 saturated heterocycles. The number of aromatic nitrogens is 1. The van der Waals surface area contributed by atoms with Crippen molar-refractivity contribution in [3.8, 4) is 22.3 Å². The van der Waals surface area contributed by atoms with Gasteiger partial charge in [-0.2, -0.15) is 0 Å². The Kier molecular flexibility index (Phi) is 4.63. The lowest BCUT2D eigenvalue weighted by Gasteiger charge is -2.14. The number of hydrogen-bond donors (Lipinski definition) is 2. The van der Waals surface area contributed by atoms with Crippen molar-refractivity contribution in [2.24, 2.45) is 5.73 Å². The van der Waals surface area contributed by atoms with Crippen LogP contribution in [0.3, 0.4) is 0 Å². The van der Waals surface area contributed by atoms with Crippen molar-refractivity contribution < 1.29 is 0 Å². The summed E-state index contributed by atoms with van der Waals surface area (Å²) < 4.78 is 1.23. The second-order valence-electron chi connectivity index (χ2n) is 9.08. The molecule has 0 aliphatic rings. The van der Waals surface area contributed by atoms with Crippen LogP contribution < -0.4 is 5.73 Å². The van der Waals surface area contributed by atoms with Crippen molar-refractivity contribution in [1.29, 1.82) is 5.41 Å². The van der Waals surface area contributed by atoms with Crippen LogP contribution in [0.4, 0.5) is 0 Å². The van der Waals surface area contributed by atoms with Gasteiger partial charge in [0.2, 0.25) is 0 Å². The van der Waals surface area contributed by atoms with Gasteiger partial charge in [-0.05, 0) is 74.6 Å². The van der Waals surface area contributed by atoms with Crippen LogP contribution in [0.25, 0.3) is 64.1 Å². The average Bonchev–Trinajstić information content (AvgIpc) is 3.30. The third kappa shape index (κ3) is 3.27. The lowest BCUT2D eigenvalue weighted by Crippen LogP contribution is -2.11. The monoisotopic (exact) mass is 479 g/mol. The molecule has 3 N–H and O–H groups in total. The van der Waals surface area contributed by atoms with E-state index in [1.165, 1.54) is 31.6 Å². The first-order valence-corrected chi connectivity index (χ1v) is 12.7. The van der Waals surface area contributed by atoms with Crippen LogP contribution in [-0.2, 0) is 0 Å². The molecule has 0 radical (unpaired) electrons. The van der Waals surface area contributed by atoms with Crippen molar-refractivity contribution in [2.45, 2.75) is 0 Å². The van der Waals surface area contributed by atoms with E-state index in [1.807, 2.05) is 18.3 Å². The van der Waals surface area contributed by atoms with Crippen molar-refractivity contribution in [3.05, 3.63) is 115 Å². The van der Waals surface area contributed by atoms with E-state index in [9.17, 15) is 0 Å². The summed E-state index contributed by atoms with van der Waals surface area (Å²) >= 11 is 1.71. The fourth-order valence-electron chi connectivity index (χ4n) is 5.17. The average molecular weight is 480 g/mol. The molecule has 7 rings (SSSR count). The second kappa shape index (κ2) is 8.01. The van der Waals surface area contributed by atoms with E-state index in [2.05, 4.69) is 91.0 Å². The summed E-state index contributed by atoms with van der Waals surface area (Å²) in [5, 5.41) is 15.4. The largest absolute Gasteiger partial charge is 0.384 e. The quantitative estimate of drug-likeness (QED) is 0.152. The first-order chi connectivity index (χ1) is 17.7. The Morgan fingerprint density at radius 3 is 2.17 bits per heavy atom. The molecule has 0 bridgehead atoms. The highest BCUT2D eigenvalue weighted by Crippen LogP contribution is 2.39. The summed E-state index contributed by atoms with van der Waals surface area (Å²) in [5.41, 5.74) is 10.9. The number of nitrogen functional groups attached to an aromatic ring is 1. The normalized spacial score (nSPS) is 11.6. The van der Waals surface area contributed by atoms with Gasteiger partial charge in [-0.3, -0.25) is 5.41 Å². The fraction of sp³-hybridized carbons (Fsp3) is 0. The Labute approximate surface area is 212 Å². The molecule has 170 valence electrons. The van der Waals surface area contributed by atoms with Crippen LogP contribution in [0.15, 0.2) is 109 Å². The van der Waals surface area contributed by atoms with Crippen LogP contribution in [0, 0.1) is 5.41 Å². The summed E-state index contributed by atoms with van der Waals surface area (Å²) in [5.74, 6) is 0.0539. The third-order valence-electron chi connectivity index (χ3n) is 6.89. The van der Waals surface area contributed by atoms with E-state index in [4.69, 9.17) is 16.1 Å². The molecular formula is C32H21N3S. The Morgan fingerprint density at radius 1 is 0.639 bits per heavy atom. The van der Waals surface area contributed by atoms with Crippen LogP contribution in [0.5, 0.6) is 0 Å². The smallest absolute Gasteiger partial charge is 0.124 e. The molecule has 7 aromatic rings. The van der Waals surface area contributed by atoms with Gasteiger partial charge in [-0.25, -0.2) is 4.98 Å². The zero-order valence-corrected chi connectivity index (χ0v) is 20.1. The van der Waals surface area contributed by atoms with Crippen molar-refractivity contribution in [3.63, 3.8) is 0 Å². The van der Waals surface area contributed by atoms with Crippen molar-refractivity contribution >= 4 is 59.0 Å². The van der Waals surface area contributed by atoms with Gasteiger partial charge in [0.15, 0.2) is 0 Å². The molecule has 2 heterocycles. The summed E-state index contributed by atoms with van der Waals surface area (Å²) in [6.07, 6.45) is 1.93. The maximum atomic E-state index is 8.23. The van der Waals surface area contributed by atoms with Crippen LogP contribution >= 0.6 is 11.3 Å². The molecule has 3 nitrogen and oxygen atoms in total. The van der Waals surface area contributed by atoms with Gasteiger partial charge in [0.05, 0.1) is 0 Å². The lowest BCUT2D eigenvalue weighted by atomic mass is 9.90. The minimum atomic E-state index is 0.0539. The molecule has 0 spiro atoms. The Hall–Kier alpha value is -4.54. The summed E-state index contributed by atoms with van der Waals surface area (Å²) in [4.78, 5) is 5.83. The number of nitrogens with two attached hydrogens (primary N) is 1. The Balaban J connectivity index is 1.50. The number of hydrogen-bond acceptors (Lipinski definition) is 3. The molecule has 0 unspecified atom stereocenters. The molecule has 0 amide bonds. The molecular weight excluding hydrogens is 458 g/mol. The Bertz CT molecular complexity index is 1980. The van der Waals surface area contributed by atoms with E-state index < -0.39 is 0 Å². The maximum Gasteiger partial charge on any atom is 0.124 e. The van der Waals surface area contributed by atoms with Crippen molar-refractivity contribution in [1.82, 2.24) is 4.98 Å². The molecule has 0 saturated carbocycles. The molecule has 5 aromatic carbocycles. The minimum Gasteiger partial charge on any atom is -0.384 e. The number of pyridine rings is 1. The summed E-state index contributed by atoms with van der Waals surface area (Å²) in [6, 6.07) is 36.1. The van der Waals surface area contributed by atoms with E-state index in [1.54, 1.807) is 11.3 Å². The van der Waals surface area contributed by atoms with Crippen LogP contribution in [0.1, 0.15) is 5.56 Å². The van der Waals surface area contributed by atoms with E-state index in [-0.39, 0.29) is 5.84 Å². The topological polar surface area (TPSA) is 62.8 Å². The first kappa shape index (κ1) is 20.8. The van der Waals surface area contributed by atoms with Gasteiger partial charge in [-0.1, -0.05) is 66.7 Å². The molecule has 2 aromatic heterocycles. The predicted octanol–water partition coefficient (Wildman–Crippen LogP) is 8.37. The van der Waals surface area contributed by atoms with E-state index in [0.717, 1.165) is 32.5 Å². The van der Waals surface area contributed by atoms with Gasteiger partial charge in [0.25, 0.3) is 0 Å². The summed E-state index contributed by atoms with van der Waals surface area (Å²) in [6.45, 7) is 0. The Morgan fingerprint density at radius 2 is 1.33 bits per heavy atom. The van der Waals surface area contributed by atoms with Gasteiger partial charge < -0.3 is 5.73 Å². The summed E-state index contributed by atoms with van der Waals surface area (Å²) in [7, 11) is 0. The maximum absolute atomic E-state index is 8.23. The van der Waals surface area contributed by atoms with Crippen LogP contribution in [0.2, 0.25) is 0 Å².